The minimum atomic E-state index is -1.10. The number of hydrogen-bond acceptors (Lipinski definition) is 6. The molecule has 0 aliphatic rings. The fourth-order valence-corrected chi connectivity index (χ4v) is 1.52. The van der Waals surface area contributed by atoms with Gasteiger partial charge in [0.1, 0.15) is 6.10 Å². The second kappa shape index (κ2) is 6.31. The number of aliphatic hydroxyl groups is 2. The van der Waals surface area contributed by atoms with Gasteiger partial charge in [0.2, 0.25) is 5.91 Å². The highest BCUT2D eigenvalue weighted by Crippen LogP contribution is 2.20. The average Bonchev–Trinajstić information content (AvgIpc) is 2.35. The summed E-state index contributed by atoms with van der Waals surface area (Å²) in [6.45, 7) is 0.857. The monoisotopic (exact) mass is 255 g/mol. The second-order valence-electron chi connectivity index (χ2n) is 3.80. The molecule has 0 fully saturated rings. The van der Waals surface area contributed by atoms with Crippen LogP contribution in [0.3, 0.4) is 0 Å². The molecule has 0 unspecified atom stereocenters. The highest BCUT2D eigenvalue weighted by molar-refractivity contribution is 5.73. The first-order valence-corrected chi connectivity index (χ1v) is 5.28. The summed E-state index contributed by atoms with van der Waals surface area (Å²) in [6, 6.07) is 4.64. The Balaban J connectivity index is 2.81. The summed E-state index contributed by atoms with van der Waals surface area (Å²) < 4.78 is 0. The molecule has 0 aliphatic heterocycles. The largest absolute Gasteiger partial charge is 0.733 e. The van der Waals surface area contributed by atoms with Crippen LogP contribution in [-0.2, 0) is 4.79 Å². The number of aliphatic hydroxyl groups excluding tert-OH is 2. The van der Waals surface area contributed by atoms with E-state index < -0.39 is 18.8 Å². The molecule has 4 N–H and O–H groups in total. The van der Waals surface area contributed by atoms with Crippen molar-refractivity contribution in [2.45, 2.75) is 19.1 Å². The molecule has 0 heterocycles. The number of carbonyl (C=O) groups excluding carboxylic acids is 1. The molecular weight excluding hydrogens is 240 g/mol. The van der Waals surface area contributed by atoms with Gasteiger partial charge in [-0.2, -0.15) is 0 Å². The Labute approximate surface area is 104 Å². The third-order valence-corrected chi connectivity index (χ3v) is 2.42. The molecule has 18 heavy (non-hydrogen) atoms. The molecular formula is C11H15N2O5-. The van der Waals surface area contributed by atoms with Gasteiger partial charge >= 0.3 is 0 Å². The molecule has 7 heteroatoms. The summed E-state index contributed by atoms with van der Waals surface area (Å²) in [6.07, 6.45) is -1.10. The maximum Gasteiger partial charge on any atom is 0.217 e. The van der Waals surface area contributed by atoms with Crippen molar-refractivity contribution < 1.29 is 20.2 Å². The molecule has 0 aliphatic carbocycles. The smallest absolute Gasteiger partial charge is 0.217 e. The first kappa shape index (κ1) is 14.4. The predicted molar refractivity (Wildman–Crippen MR) is 63.7 cm³/mol. The van der Waals surface area contributed by atoms with Crippen molar-refractivity contribution in [1.82, 2.24) is 5.32 Å². The average molecular weight is 255 g/mol. The van der Waals surface area contributed by atoms with Gasteiger partial charge in [0.05, 0.1) is 18.3 Å². The minimum absolute atomic E-state index is 0.0195. The van der Waals surface area contributed by atoms with Gasteiger partial charge in [-0.3, -0.25) is 10.0 Å². The minimum Gasteiger partial charge on any atom is -0.733 e. The molecule has 1 aromatic rings. The Hall–Kier alpha value is -1.67. The van der Waals surface area contributed by atoms with Crippen molar-refractivity contribution in [1.29, 1.82) is 0 Å². The number of hydrogen-bond donors (Lipinski definition) is 4. The van der Waals surface area contributed by atoms with Gasteiger partial charge in [0.15, 0.2) is 0 Å². The molecule has 0 aromatic heterocycles. The number of nitrogens with zero attached hydrogens (tertiary/aromatic N) is 1. The quantitative estimate of drug-likeness (QED) is 0.546. The Morgan fingerprint density at radius 3 is 2.39 bits per heavy atom. The number of benzene rings is 1. The zero-order chi connectivity index (χ0) is 13.7. The van der Waals surface area contributed by atoms with E-state index in [9.17, 15) is 15.1 Å². The molecule has 0 saturated carbocycles. The van der Waals surface area contributed by atoms with Crippen LogP contribution in [0.2, 0.25) is 0 Å². The highest BCUT2D eigenvalue weighted by atomic mass is 16.8. The summed E-state index contributed by atoms with van der Waals surface area (Å²) >= 11 is 0. The molecule has 1 amide bonds. The third kappa shape index (κ3) is 3.67. The van der Waals surface area contributed by atoms with Gasteiger partial charge in [-0.1, -0.05) is 12.1 Å². The van der Waals surface area contributed by atoms with E-state index in [4.69, 9.17) is 10.3 Å². The fraction of sp³-hybridized carbons (Fsp3) is 0.364. The summed E-state index contributed by atoms with van der Waals surface area (Å²) in [4.78, 5) is 10.9. The lowest BCUT2D eigenvalue weighted by molar-refractivity contribution is -0.121. The molecule has 1 aromatic carbocycles. The second-order valence-corrected chi connectivity index (χ2v) is 3.80. The van der Waals surface area contributed by atoms with Crippen molar-refractivity contribution >= 4 is 11.6 Å². The van der Waals surface area contributed by atoms with Crippen LogP contribution in [0.25, 0.3) is 0 Å². The third-order valence-electron chi connectivity index (χ3n) is 2.42. The molecule has 100 valence electrons. The molecule has 0 radical (unpaired) electrons. The van der Waals surface area contributed by atoms with Gasteiger partial charge in [-0.15, -0.1) is 0 Å². The summed E-state index contributed by atoms with van der Waals surface area (Å²) in [7, 11) is 0. The number of amides is 1. The Morgan fingerprint density at radius 1 is 1.44 bits per heavy atom. The van der Waals surface area contributed by atoms with E-state index >= 15 is 0 Å². The summed E-state index contributed by atoms with van der Waals surface area (Å²) in [5.74, 6) is -0.370. The van der Waals surface area contributed by atoms with Crippen LogP contribution in [0.15, 0.2) is 24.3 Å². The van der Waals surface area contributed by atoms with Gasteiger partial charge in [0.25, 0.3) is 0 Å². The summed E-state index contributed by atoms with van der Waals surface area (Å²) in [5.41, 5.74) is 0.430. The topological polar surface area (TPSA) is 116 Å². The number of carbonyl (C=O) groups is 1. The van der Waals surface area contributed by atoms with Crippen LogP contribution in [0.1, 0.15) is 18.6 Å². The molecule has 1 rings (SSSR count). The van der Waals surface area contributed by atoms with Crippen LogP contribution in [0, 0.1) is 5.21 Å². The maximum absolute atomic E-state index is 10.9. The van der Waals surface area contributed by atoms with E-state index in [1.807, 2.05) is 0 Å². The Morgan fingerprint density at radius 2 is 2.00 bits per heavy atom. The van der Waals surface area contributed by atoms with Crippen LogP contribution >= 0.6 is 0 Å². The van der Waals surface area contributed by atoms with E-state index in [2.05, 4.69) is 5.32 Å². The van der Waals surface area contributed by atoms with Crippen LogP contribution < -0.4 is 10.5 Å². The van der Waals surface area contributed by atoms with Crippen molar-refractivity contribution in [3.05, 3.63) is 35.0 Å². The van der Waals surface area contributed by atoms with Gasteiger partial charge in [-0.05, 0) is 17.7 Å². The molecule has 0 bridgehead atoms. The Bertz CT molecular complexity index is 393. The zero-order valence-corrected chi connectivity index (χ0v) is 9.78. The number of nitrogens with one attached hydrogen (secondary N) is 1. The standard InChI is InChI=1S/C11H15N2O5/c1-7(15)12-10(6-14)11(16)8-2-4-9(5-3-8)13(17)18/h2-5,10-11,14,16-17H,6H2,1H3,(H,12,15)/q-1/t10-,11-/m1/s1. The zero-order valence-electron chi connectivity index (χ0n) is 9.78. The lowest BCUT2D eigenvalue weighted by Crippen LogP contribution is -2.40. The lowest BCUT2D eigenvalue weighted by atomic mass is 10.0. The van der Waals surface area contributed by atoms with Crippen molar-refractivity contribution in [2.75, 3.05) is 11.8 Å². The predicted octanol–water partition coefficient (Wildman–Crippen LogP) is -0.0896. The molecule has 0 spiro atoms. The van der Waals surface area contributed by atoms with Crippen LogP contribution in [0.4, 0.5) is 5.69 Å². The first-order chi connectivity index (χ1) is 8.45. The van der Waals surface area contributed by atoms with Crippen molar-refractivity contribution in [2.24, 2.45) is 0 Å². The Kier molecular flexibility index (Phi) is 5.05. The van der Waals surface area contributed by atoms with Gasteiger partial charge < -0.3 is 26.0 Å². The molecule has 0 saturated heterocycles. The fourth-order valence-electron chi connectivity index (χ4n) is 1.52. The normalized spacial score (nSPS) is 13.8. The van der Waals surface area contributed by atoms with Crippen LogP contribution in [0.5, 0.6) is 0 Å². The summed E-state index contributed by atoms with van der Waals surface area (Å²) in [5, 5.41) is 40.3. The van der Waals surface area contributed by atoms with Gasteiger partial charge in [-0.25, -0.2) is 0 Å². The van der Waals surface area contributed by atoms with E-state index in [1.165, 1.54) is 31.2 Å². The number of anilines is 1. The first-order valence-electron chi connectivity index (χ1n) is 5.28. The van der Waals surface area contributed by atoms with Crippen LogP contribution in [-0.4, -0.2) is 34.0 Å². The van der Waals surface area contributed by atoms with Crippen molar-refractivity contribution in [3.63, 3.8) is 0 Å². The number of rotatable bonds is 5. The van der Waals surface area contributed by atoms with Crippen molar-refractivity contribution in [3.8, 4) is 0 Å². The van der Waals surface area contributed by atoms with E-state index in [0.29, 0.717) is 5.56 Å². The SMILES string of the molecule is CC(=O)N[C@H](CO)[C@H](O)c1ccc(N([O-])O)cc1. The van der Waals surface area contributed by atoms with E-state index in [1.54, 1.807) is 0 Å². The van der Waals surface area contributed by atoms with E-state index in [-0.39, 0.29) is 16.8 Å². The molecule has 7 nitrogen and oxygen atoms in total. The highest BCUT2D eigenvalue weighted by Gasteiger charge is 2.20. The lowest BCUT2D eigenvalue weighted by Gasteiger charge is -2.24. The van der Waals surface area contributed by atoms with Gasteiger partial charge in [0, 0.05) is 6.92 Å². The molecule has 2 atom stereocenters. The maximum atomic E-state index is 10.9. The van der Waals surface area contributed by atoms with E-state index in [0.717, 1.165) is 0 Å².